The molecule has 4 nitrogen and oxygen atoms in total. The average molecular weight is 259 g/mol. The normalized spacial score (nSPS) is 23.8. The number of likely N-dealkylation sites (N-methyl/N-ethyl adjacent to an activating group) is 1. The van der Waals surface area contributed by atoms with E-state index < -0.39 is 0 Å². The third-order valence-corrected chi connectivity index (χ3v) is 4.15. The Morgan fingerprint density at radius 2 is 2.24 bits per heavy atom. The summed E-state index contributed by atoms with van der Waals surface area (Å²) in [6.45, 7) is 4.78. The monoisotopic (exact) mass is 259 g/mol. The maximum Gasteiger partial charge on any atom is 0.239 e. The Bertz CT molecular complexity index is 250. The molecule has 2 atom stereocenters. The van der Waals surface area contributed by atoms with Gasteiger partial charge in [-0.15, -0.1) is 0 Å². The van der Waals surface area contributed by atoms with Crippen molar-refractivity contribution in [3.8, 4) is 0 Å². The van der Waals surface area contributed by atoms with Crippen LogP contribution in [0.5, 0.6) is 0 Å². The van der Waals surface area contributed by atoms with Gasteiger partial charge >= 0.3 is 0 Å². The van der Waals surface area contributed by atoms with Crippen molar-refractivity contribution in [2.24, 2.45) is 5.73 Å². The first-order valence-electron chi connectivity index (χ1n) is 6.33. The molecule has 100 valence electrons. The molecule has 0 aromatic carbocycles. The molecular formula is C12H25N3OS. The van der Waals surface area contributed by atoms with Crippen LogP contribution in [0.2, 0.25) is 0 Å². The Kier molecular flexibility index (Phi) is 6.30. The van der Waals surface area contributed by atoms with Crippen LogP contribution in [0.1, 0.15) is 19.8 Å². The van der Waals surface area contributed by atoms with Crippen LogP contribution in [-0.2, 0) is 4.79 Å². The predicted molar refractivity (Wildman–Crippen MR) is 74.3 cm³/mol. The van der Waals surface area contributed by atoms with Crippen molar-refractivity contribution in [3.05, 3.63) is 0 Å². The number of hydrogen-bond donors (Lipinski definition) is 1. The van der Waals surface area contributed by atoms with Gasteiger partial charge in [0.2, 0.25) is 5.91 Å². The Hall–Kier alpha value is -0.260. The summed E-state index contributed by atoms with van der Waals surface area (Å²) in [4.78, 5) is 16.4. The predicted octanol–water partition coefficient (Wildman–Crippen LogP) is 0.619. The maximum absolute atomic E-state index is 12.1. The van der Waals surface area contributed by atoms with E-state index >= 15 is 0 Å². The van der Waals surface area contributed by atoms with E-state index in [-0.39, 0.29) is 11.9 Å². The van der Waals surface area contributed by atoms with Crippen molar-refractivity contribution in [1.82, 2.24) is 9.80 Å². The molecule has 0 aliphatic carbocycles. The SMILES string of the molecule is CCC1CN(C(=O)[C@@H](N)CCSC)CCN1C. The number of carbonyl (C=O) groups excluding carboxylic acids is 1. The summed E-state index contributed by atoms with van der Waals surface area (Å²) >= 11 is 1.74. The van der Waals surface area contributed by atoms with Crippen molar-refractivity contribution >= 4 is 17.7 Å². The molecule has 0 radical (unpaired) electrons. The smallest absolute Gasteiger partial charge is 0.239 e. The molecule has 1 aliphatic rings. The number of amides is 1. The van der Waals surface area contributed by atoms with E-state index in [1.807, 2.05) is 11.2 Å². The lowest BCUT2D eigenvalue weighted by atomic mass is 10.1. The fourth-order valence-corrected chi connectivity index (χ4v) is 2.68. The fraction of sp³-hybridized carbons (Fsp3) is 0.917. The molecule has 17 heavy (non-hydrogen) atoms. The zero-order chi connectivity index (χ0) is 12.8. The fourth-order valence-electron chi connectivity index (χ4n) is 2.19. The minimum atomic E-state index is -0.316. The minimum absolute atomic E-state index is 0.130. The Morgan fingerprint density at radius 1 is 1.53 bits per heavy atom. The van der Waals surface area contributed by atoms with Crippen molar-refractivity contribution in [1.29, 1.82) is 0 Å². The highest BCUT2D eigenvalue weighted by molar-refractivity contribution is 7.98. The van der Waals surface area contributed by atoms with Gasteiger partial charge in [-0.25, -0.2) is 0 Å². The molecule has 0 saturated carbocycles. The standard InChI is InChI=1S/C12H25N3OS/c1-4-10-9-15(7-6-14(10)2)12(16)11(13)5-8-17-3/h10-11H,4-9,13H2,1-3H3/t10?,11-/m0/s1. The molecule has 1 aliphatic heterocycles. The van der Waals surface area contributed by atoms with Gasteiger partial charge in [0.1, 0.15) is 0 Å². The van der Waals surface area contributed by atoms with Crippen molar-refractivity contribution in [2.45, 2.75) is 31.8 Å². The number of hydrogen-bond acceptors (Lipinski definition) is 4. The minimum Gasteiger partial charge on any atom is -0.338 e. The number of thioether (sulfide) groups is 1. The molecule has 1 heterocycles. The number of piperazine rings is 1. The average Bonchev–Trinajstić information content (AvgIpc) is 2.35. The quantitative estimate of drug-likeness (QED) is 0.786. The lowest BCUT2D eigenvalue weighted by Gasteiger charge is -2.40. The van der Waals surface area contributed by atoms with Crippen LogP contribution in [-0.4, -0.2) is 66.5 Å². The highest BCUT2D eigenvalue weighted by Gasteiger charge is 2.28. The second-order valence-electron chi connectivity index (χ2n) is 4.71. The first-order chi connectivity index (χ1) is 8.10. The molecule has 0 aromatic rings. The van der Waals surface area contributed by atoms with Crippen molar-refractivity contribution in [3.63, 3.8) is 0 Å². The first-order valence-corrected chi connectivity index (χ1v) is 7.73. The van der Waals surface area contributed by atoms with E-state index in [2.05, 4.69) is 18.9 Å². The first kappa shape index (κ1) is 14.8. The van der Waals surface area contributed by atoms with E-state index in [0.717, 1.165) is 38.2 Å². The number of nitrogens with zero attached hydrogens (tertiary/aromatic N) is 2. The van der Waals surface area contributed by atoms with Gasteiger partial charge in [0, 0.05) is 25.7 Å². The van der Waals surface area contributed by atoms with Crippen LogP contribution in [0.25, 0.3) is 0 Å². The highest BCUT2D eigenvalue weighted by Crippen LogP contribution is 2.12. The third-order valence-electron chi connectivity index (χ3n) is 3.51. The van der Waals surface area contributed by atoms with Gasteiger partial charge in [-0.1, -0.05) is 6.92 Å². The molecule has 1 unspecified atom stereocenters. The second kappa shape index (κ2) is 7.24. The maximum atomic E-state index is 12.1. The van der Waals surface area contributed by atoms with Gasteiger partial charge < -0.3 is 10.6 Å². The summed E-state index contributed by atoms with van der Waals surface area (Å²) in [7, 11) is 2.13. The number of rotatable bonds is 5. The summed E-state index contributed by atoms with van der Waals surface area (Å²) in [5, 5.41) is 0. The summed E-state index contributed by atoms with van der Waals surface area (Å²) in [5.74, 6) is 1.09. The molecule has 0 bridgehead atoms. The van der Waals surface area contributed by atoms with Crippen LogP contribution in [0.15, 0.2) is 0 Å². The van der Waals surface area contributed by atoms with E-state index in [9.17, 15) is 4.79 Å². The summed E-state index contributed by atoms with van der Waals surface area (Å²) in [5.41, 5.74) is 5.94. The van der Waals surface area contributed by atoms with Crippen molar-refractivity contribution in [2.75, 3.05) is 38.7 Å². The van der Waals surface area contributed by atoms with E-state index in [4.69, 9.17) is 5.73 Å². The van der Waals surface area contributed by atoms with Crippen LogP contribution in [0.4, 0.5) is 0 Å². The summed E-state index contributed by atoms with van der Waals surface area (Å²) in [6, 6.07) is 0.170. The molecule has 5 heteroatoms. The lowest BCUT2D eigenvalue weighted by molar-refractivity contribution is -0.135. The van der Waals surface area contributed by atoms with Gasteiger partial charge in [-0.2, -0.15) is 11.8 Å². The van der Waals surface area contributed by atoms with E-state index in [0.29, 0.717) is 6.04 Å². The molecule has 1 rings (SSSR count). The zero-order valence-corrected chi connectivity index (χ0v) is 12.0. The molecule has 0 aromatic heterocycles. The van der Waals surface area contributed by atoms with Crippen LogP contribution < -0.4 is 5.73 Å². The van der Waals surface area contributed by atoms with E-state index in [1.54, 1.807) is 11.8 Å². The van der Waals surface area contributed by atoms with Crippen molar-refractivity contribution < 1.29 is 4.79 Å². The van der Waals surface area contributed by atoms with Gasteiger partial charge in [0.25, 0.3) is 0 Å². The molecule has 1 fully saturated rings. The number of nitrogens with two attached hydrogens (primary N) is 1. The second-order valence-corrected chi connectivity index (χ2v) is 5.70. The molecule has 0 spiro atoms. The topological polar surface area (TPSA) is 49.6 Å². The summed E-state index contributed by atoms with van der Waals surface area (Å²) < 4.78 is 0. The molecular weight excluding hydrogens is 234 g/mol. The van der Waals surface area contributed by atoms with E-state index in [1.165, 1.54) is 0 Å². The van der Waals surface area contributed by atoms with Gasteiger partial charge in [-0.05, 0) is 31.9 Å². The highest BCUT2D eigenvalue weighted by atomic mass is 32.2. The van der Waals surface area contributed by atoms with Gasteiger partial charge in [-0.3, -0.25) is 9.69 Å². The Balaban J connectivity index is 2.46. The Labute approximate surface area is 109 Å². The zero-order valence-electron chi connectivity index (χ0n) is 11.2. The van der Waals surface area contributed by atoms with Crippen LogP contribution in [0, 0.1) is 0 Å². The lowest BCUT2D eigenvalue weighted by Crippen LogP contribution is -2.56. The largest absolute Gasteiger partial charge is 0.338 e. The molecule has 1 amide bonds. The van der Waals surface area contributed by atoms with Crippen LogP contribution >= 0.6 is 11.8 Å². The van der Waals surface area contributed by atoms with Gasteiger partial charge in [0.15, 0.2) is 0 Å². The Morgan fingerprint density at radius 3 is 2.82 bits per heavy atom. The molecule has 2 N–H and O–H groups in total. The third kappa shape index (κ3) is 4.16. The number of carbonyl (C=O) groups is 1. The van der Waals surface area contributed by atoms with Gasteiger partial charge in [0.05, 0.1) is 6.04 Å². The summed E-state index contributed by atoms with van der Waals surface area (Å²) in [6.07, 6.45) is 3.91. The molecule has 1 saturated heterocycles. The van der Waals surface area contributed by atoms with Crippen LogP contribution in [0.3, 0.4) is 0 Å².